The van der Waals surface area contributed by atoms with Crippen LogP contribution in [0.1, 0.15) is 36.3 Å². The molecule has 0 radical (unpaired) electrons. The quantitative estimate of drug-likeness (QED) is 0.730. The zero-order valence-corrected chi connectivity index (χ0v) is 16.4. The third kappa shape index (κ3) is 3.66. The SMILES string of the molecule is COc1cccc([C@@H]2CCC=C3CCN(S(=O)(=O)Cc4ccccc4)[C@H]32)c1. The van der Waals surface area contributed by atoms with Gasteiger partial charge in [0.25, 0.3) is 0 Å². The summed E-state index contributed by atoms with van der Waals surface area (Å²) >= 11 is 0. The topological polar surface area (TPSA) is 46.6 Å². The van der Waals surface area contributed by atoms with Crippen LogP contribution < -0.4 is 4.74 Å². The van der Waals surface area contributed by atoms with E-state index in [1.165, 1.54) is 5.57 Å². The first-order valence-electron chi connectivity index (χ1n) is 9.45. The lowest BCUT2D eigenvalue weighted by Crippen LogP contribution is -2.41. The Morgan fingerprint density at radius 1 is 1.11 bits per heavy atom. The van der Waals surface area contributed by atoms with Gasteiger partial charge in [-0.05, 0) is 42.5 Å². The Hall–Kier alpha value is -2.11. The maximum atomic E-state index is 13.2. The summed E-state index contributed by atoms with van der Waals surface area (Å²) in [7, 11) is -1.71. The first-order valence-corrected chi connectivity index (χ1v) is 11.1. The fourth-order valence-electron chi connectivity index (χ4n) is 4.40. The molecule has 0 unspecified atom stereocenters. The molecule has 0 spiro atoms. The monoisotopic (exact) mass is 383 g/mol. The van der Waals surface area contributed by atoms with E-state index in [4.69, 9.17) is 4.74 Å². The van der Waals surface area contributed by atoms with Crippen molar-refractivity contribution < 1.29 is 13.2 Å². The largest absolute Gasteiger partial charge is 0.497 e. The molecule has 5 heteroatoms. The maximum Gasteiger partial charge on any atom is 0.218 e. The Balaban J connectivity index is 1.66. The number of fused-ring (bicyclic) bond motifs is 1. The van der Waals surface area contributed by atoms with Gasteiger partial charge < -0.3 is 4.74 Å². The highest BCUT2D eigenvalue weighted by atomic mass is 32.2. The third-order valence-electron chi connectivity index (χ3n) is 5.65. The smallest absolute Gasteiger partial charge is 0.218 e. The van der Waals surface area contributed by atoms with Crippen LogP contribution in [0, 0.1) is 0 Å². The standard InChI is InChI=1S/C22H25NO3S/c1-26-20-11-5-10-19(15-20)21-12-6-9-18-13-14-23(22(18)21)27(24,25)16-17-7-3-2-4-8-17/h2-5,7-11,15,21-22H,6,12-14,16H2,1H3/t21-,22+/m0/s1. The number of hydrogen-bond donors (Lipinski definition) is 0. The molecule has 0 saturated carbocycles. The van der Waals surface area contributed by atoms with Crippen molar-refractivity contribution in [2.75, 3.05) is 13.7 Å². The molecule has 1 fully saturated rings. The molecule has 4 rings (SSSR count). The van der Waals surface area contributed by atoms with Crippen LogP contribution in [0.2, 0.25) is 0 Å². The summed E-state index contributed by atoms with van der Waals surface area (Å²) in [4.78, 5) is 0. The molecule has 27 heavy (non-hydrogen) atoms. The van der Waals surface area contributed by atoms with E-state index in [0.717, 1.165) is 36.1 Å². The highest BCUT2D eigenvalue weighted by Gasteiger charge is 2.43. The predicted molar refractivity (Wildman–Crippen MR) is 107 cm³/mol. The maximum absolute atomic E-state index is 13.2. The zero-order valence-electron chi connectivity index (χ0n) is 15.5. The minimum Gasteiger partial charge on any atom is -0.497 e. The van der Waals surface area contributed by atoms with Crippen LogP contribution in [0.5, 0.6) is 5.75 Å². The number of allylic oxidation sites excluding steroid dienone is 1. The predicted octanol–water partition coefficient (Wildman–Crippen LogP) is 4.10. The van der Waals surface area contributed by atoms with Gasteiger partial charge in [-0.2, -0.15) is 4.31 Å². The van der Waals surface area contributed by atoms with Crippen molar-refractivity contribution in [2.24, 2.45) is 0 Å². The second-order valence-corrected chi connectivity index (χ2v) is 9.21. The molecule has 1 aliphatic carbocycles. The van der Waals surface area contributed by atoms with Gasteiger partial charge in [0.1, 0.15) is 5.75 Å². The van der Waals surface area contributed by atoms with Crippen LogP contribution in [0.4, 0.5) is 0 Å². The molecule has 1 saturated heterocycles. The van der Waals surface area contributed by atoms with Crippen molar-refractivity contribution in [1.29, 1.82) is 0 Å². The van der Waals surface area contributed by atoms with E-state index < -0.39 is 10.0 Å². The van der Waals surface area contributed by atoms with Crippen molar-refractivity contribution in [3.05, 3.63) is 77.4 Å². The number of rotatable bonds is 5. The van der Waals surface area contributed by atoms with Gasteiger partial charge in [0.15, 0.2) is 0 Å². The van der Waals surface area contributed by atoms with E-state index in [-0.39, 0.29) is 17.7 Å². The summed E-state index contributed by atoms with van der Waals surface area (Å²) < 4.78 is 33.6. The van der Waals surface area contributed by atoms with E-state index >= 15 is 0 Å². The van der Waals surface area contributed by atoms with Crippen molar-refractivity contribution in [1.82, 2.24) is 4.31 Å². The summed E-state index contributed by atoms with van der Waals surface area (Å²) in [5, 5.41) is 0. The van der Waals surface area contributed by atoms with Gasteiger partial charge >= 0.3 is 0 Å². The highest BCUT2D eigenvalue weighted by molar-refractivity contribution is 7.88. The fraction of sp³-hybridized carbons (Fsp3) is 0.364. The average molecular weight is 384 g/mol. The van der Waals surface area contributed by atoms with Crippen molar-refractivity contribution in [3.63, 3.8) is 0 Å². The van der Waals surface area contributed by atoms with Crippen LogP contribution in [0.3, 0.4) is 0 Å². The van der Waals surface area contributed by atoms with Crippen molar-refractivity contribution in [3.8, 4) is 5.75 Å². The van der Waals surface area contributed by atoms with E-state index in [2.05, 4.69) is 12.1 Å². The summed E-state index contributed by atoms with van der Waals surface area (Å²) in [6.45, 7) is 0.576. The van der Waals surface area contributed by atoms with E-state index in [9.17, 15) is 8.42 Å². The number of sulfonamides is 1. The second kappa shape index (κ2) is 7.49. The van der Waals surface area contributed by atoms with Crippen LogP contribution in [0.15, 0.2) is 66.2 Å². The lowest BCUT2D eigenvalue weighted by molar-refractivity contribution is 0.344. The molecule has 1 aliphatic heterocycles. The van der Waals surface area contributed by atoms with Gasteiger partial charge in [-0.25, -0.2) is 8.42 Å². The second-order valence-electron chi connectivity index (χ2n) is 7.29. The molecule has 2 aliphatic rings. The molecule has 4 nitrogen and oxygen atoms in total. The first-order chi connectivity index (χ1) is 13.1. The van der Waals surface area contributed by atoms with Crippen LogP contribution in [-0.4, -0.2) is 32.4 Å². The number of ether oxygens (including phenoxy) is 1. The van der Waals surface area contributed by atoms with Gasteiger partial charge in [0.2, 0.25) is 10.0 Å². The lowest BCUT2D eigenvalue weighted by Gasteiger charge is -2.34. The molecular weight excluding hydrogens is 358 g/mol. The summed E-state index contributed by atoms with van der Waals surface area (Å²) in [5.74, 6) is 1.05. The van der Waals surface area contributed by atoms with Gasteiger partial charge in [-0.3, -0.25) is 0 Å². The summed E-state index contributed by atoms with van der Waals surface area (Å²) in [5.41, 5.74) is 3.26. The number of hydrogen-bond acceptors (Lipinski definition) is 3. The molecule has 0 amide bonds. The number of nitrogens with zero attached hydrogens (tertiary/aromatic N) is 1. The van der Waals surface area contributed by atoms with E-state index in [1.54, 1.807) is 11.4 Å². The van der Waals surface area contributed by atoms with Gasteiger partial charge in [-0.15, -0.1) is 0 Å². The third-order valence-corrected chi connectivity index (χ3v) is 7.47. The highest BCUT2D eigenvalue weighted by Crippen LogP contribution is 2.43. The fourth-order valence-corrected chi connectivity index (χ4v) is 6.18. The van der Waals surface area contributed by atoms with E-state index in [0.29, 0.717) is 6.54 Å². The van der Waals surface area contributed by atoms with Crippen molar-refractivity contribution >= 4 is 10.0 Å². The van der Waals surface area contributed by atoms with Crippen LogP contribution in [-0.2, 0) is 15.8 Å². The summed E-state index contributed by atoms with van der Waals surface area (Å²) in [6.07, 6.45) is 5.04. The lowest BCUT2D eigenvalue weighted by atomic mass is 9.80. The Bertz CT molecular complexity index is 937. The molecule has 2 aromatic rings. The Labute approximate surface area is 161 Å². The van der Waals surface area contributed by atoms with Gasteiger partial charge in [0.05, 0.1) is 18.9 Å². The summed E-state index contributed by atoms with van der Waals surface area (Å²) in [6, 6.07) is 17.4. The molecule has 1 heterocycles. The minimum absolute atomic E-state index is 0.0580. The average Bonchev–Trinajstić information content (AvgIpc) is 3.14. The number of methoxy groups -OCH3 is 1. The molecule has 142 valence electrons. The van der Waals surface area contributed by atoms with Gasteiger partial charge in [0, 0.05) is 12.5 Å². The zero-order chi connectivity index (χ0) is 18.9. The van der Waals surface area contributed by atoms with Crippen LogP contribution >= 0.6 is 0 Å². The van der Waals surface area contributed by atoms with E-state index in [1.807, 2.05) is 48.5 Å². The first kappa shape index (κ1) is 18.3. The number of benzene rings is 2. The molecule has 0 N–H and O–H groups in total. The molecular formula is C22H25NO3S. The van der Waals surface area contributed by atoms with Gasteiger partial charge in [-0.1, -0.05) is 54.1 Å². The minimum atomic E-state index is -3.38. The molecule has 0 bridgehead atoms. The molecule has 0 aromatic heterocycles. The van der Waals surface area contributed by atoms with Crippen LogP contribution in [0.25, 0.3) is 0 Å². The molecule has 2 atom stereocenters. The van der Waals surface area contributed by atoms with Crippen molar-refractivity contribution in [2.45, 2.75) is 37.0 Å². The Kier molecular flexibility index (Phi) is 5.06. The Morgan fingerprint density at radius 2 is 1.93 bits per heavy atom. The normalized spacial score (nSPS) is 22.9. The molecule has 2 aromatic carbocycles. The Morgan fingerprint density at radius 3 is 2.70 bits per heavy atom.